The molecule has 0 aromatic heterocycles. The molecule has 0 aliphatic carbocycles. The lowest BCUT2D eigenvalue weighted by atomic mass is 10.2. The maximum absolute atomic E-state index is 12.5. The molecule has 0 aliphatic rings. The highest BCUT2D eigenvalue weighted by Crippen LogP contribution is 2.36. The first-order chi connectivity index (χ1) is 11.5. The Labute approximate surface area is 148 Å². The molecule has 0 heterocycles. The summed E-state index contributed by atoms with van der Waals surface area (Å²) in [5.41, 5.74) is -1.92. The van der Waals surface area contributed by atoms with Crippen molar-refractivity contribution >= 4 is 30.9 Å². The molecule has 0 saturated carbocycles. The summed E-state index contributed by atoms with van der Waals surface area (Å²) in [6, 6.07) is 4.77. The number of hydrogen-bond acceptors (Lipinski definition) is 2. The van der Waals surface area contributed by atoms with Gasteiger partial charge in [-0.2, -0.15) is 26.3 Å². The van der Waals surface area contributed by atoms with Gasteiger partial charge >= 0.3 is 20.0 Å². The molecule has 0 fully saturated rings. The maximum atomic E-state index is 12.5. The van der Waals surface area contributed by atoms with Crippen molar-refractivity contribution in [2.75, 3.05) is 0 Å². The molecule has 0 unspecified atom stereocenters. The summed E-state index contributed by atoms with van der Waals surface area (Å²) < 4.78 is 84.9. The second kappa shape index (κ2) is 7.25. The minimum absolute atomic E-state index is 0.141. The molecule has 1 radical (unpaired) electrons. The van der Waals surface area contributed by atoms with Gasteiger partial charge in [0.1, 0.15) is 11.5 Å². The fourth-order valence-electron chi connectivity index (χ4n) is 1.67. The van der Waals surface area contributed by atoms with E-state index in [1.807, 2.05) is 0 Å². The Bertz CT molecular complexity index is 700. The first-order valence-corrected chi connectivity index (χ1v) is 7.12. The van der Waals surface area contributed by atoms with Gasteiger partial charge in [-0.1, -0.05) is 23.2 Å². The van der Waals surface area contributed by atoms with Gasteiger partial charge < -0.3 is 9.31 Å². The third-order valence-electron chi connectivity index (χ3n) is 2.87. The van der Waals surface area contributed by atoms with Crippen molar-refractivity contribution in [3.63, 3.8) is 0 Å². The van der Waals surface area contributed by atoms with Crippen LogP contribution in [0.25, 0.3) is 0 Å². The topological polar surface area (TPSA) is 18.5 Å². The Kier molecular flexibility index (Phi) is 5.68. The molecule has 2 aromatic carbocycles. The molecule has 0 atom stereocenters. The van der Waals surface area contributed by atoms with E-state index >= 15 is 0 Å². The zero-order chi connectivity index (χ0) is 18.8. The highest BCUT2D eigenvalue weighted by Gasteiger charge is 2.32. The summed E-state index contributed by atoms with van der Waals surface area (Å²) in [4.78, 5) is 0. The van der Waals surface area contributed by atoms with E-state index in [0.29, 0.717) is 19.8 Å². The van der Waals surface area contributed by atoms with Crippen LogP contribution in [-0.2, 0) is 12.4 Å². The summed E-state index contributed by atoms with van der Waals surface area (Å²) in [6.07, 6.45) is -9.12. The van der Waals surface area contributed by atoms with E-state index in [9.17, 15) is 26.3 Å². The molecular weight excluding hydrogens is 396 g/mol. The maximum Gasteiger partial charge on any atom is 0.658 e. The van der Waals surface area contributed by atoms with Crippen LogP contribution in [0, 0.1) is 0 Å². The van der Waals surface area contributed by atoms with Gasteiger partial charge in [-0.15, -0.1) is 0 Å². The summed E-state index contributed by atoms with van der Waals surface area (Å²) in [6.45, 7) is 0. The van der Waals surface area contributed by atoms with Gasteiger partial charge in [-0.25, -0.2) is 0 Å². The van der Waals surface area contributed by atoms with Crippen molar-refractivity contribution in [1.82, 2.24) is 0 Å². The average molecular weight is 402 g/mol. The van der Waals surface area contributed by atoms with Gasteiger partial charge in [-0.3, -0.25) is 0 Å². The summed E-state index contributed by atoms with van der Waals surface area (Å²) in [7, 11) is 0.683. The quantitative estimate of drug-likeness (QED) is 0.460. The number of alkyl halides is 6. The zero-order valence-electron chi connectivity index (χ0n) is 11.9. The predicted octanol–water partition coefficient (Wildman–Crippen LogP) is 6.02. The van der Waals surface area contributed by atoms with E-state index in [0.717, 1.165) is 24.3 Å². The van der Waals surface area contributed by atoms with E-state index in [4.69, 9.17) is 32.5 Å². The fraction of sp³-hybridized carbons (Fsp3) is 0.143. The third-order valence-corrected chi connectivity index (χ3v) is 3.46. The molecule has 11 heteroatoms. The van der Waals surface area contributed by atoms with E-state index < -0.39 is 23.5 Å². The molecular formula is C14H6BCl2F6O2. The monoisotopic (exact) mass is 401 g/mol. The number of benzene rings is 2. The van der Waals surface area contributed by atoms with Crippen LogP contribution in [0.1, 0.15) is 11.1 Å². The lowest BCUT2D eigenvalue weighted by Gasteiger charge is -2.12. The molecule has 2 rings (SSSR count). The van der Waals surface area contributed by atoms with Crippen LogP contribution in [-0.4, -0.2) is 7.69 Å². The number of rotatable bonds is 4. The molecule has 0 amide bonds. The van der Waals surface area contributed by atoms with Crippen LogP contribution in [0.5, 0.6) is 11.5 Å². The van der Waals surface area contributed by atoms with Crippen molar-refractivity contribution in [3.8, 4) is 11.5 Å². The van der Waals surface area contributed by atoms with Gasteiger partial charge in [-0.05, 0) is 36.4 Å². The van der Waals surface area contributed by atoms with Crippen LogP contribution in [0.2, 0.25) is 10.0 Å². The molecule has 0 spiro atoms. The Morgan fingerprint density at radius 2 is 1.04 bits per heavy atom. The second-order valence-electron chi connectivity index (χ2n) is 4.62. The van der Waals surface area contributed by atoms with E-state index in [1.54, 1.807) is 0 Å². The standard InChI is InChI=1S/C14H6BCl2F6O2/c16-9-5-7(13(18,19)20)1-3-11(9)24-15-25-12-4-2-8(6-10(12)17)14(21,22)23/h1-6H. The van der Waals surface area contributed by atoms with Gasteiger partial charge in [0, 0.05) is 0 Å². The highest BCUT2D eigenvalue weighted by molar-refractivity contribution is 6.34. The first kappa shape index (κ1) is 19.6. The second-order valence-corrected chi connectivity index (χ2v) is 5.43. The van der Waals surface area contributed by atoms with E-state index in [2.05, 4.69) is 0 Å². The Morgan fingerprint density at radius 3 is 1.32 bits per heavy atom. The van der Waals surface area contributed by atoms with Crippen LogP contribution >= 0.6 is 23.2 Å². The predicted molar refractivity (Wildman–Crippen MR) is 79.9 cm³/mol. The van der Waals surface area contributed by atoms with E-state index in [1.165, 1.54) is 0 Å². The smallest absolute Gasteiger partial charge is 0.525 e. The molecule has 0 aliphatic heterocycles. The molecule has 0 bridgehead atoms. The molecule has 2 nitrogen and oxygen atoms in total. The van der Waals surface area contributed by atoms with Gasteiger partial charge in [0.2, 0.25) is 0 Å². The first-order valence-electron chi connectivity index (χ1n) is 6.37. The fourth-order valence-corrected chi connectivity index (χ4v) is 2.12. The van der Waals surface area contributed by atoms with Crippen molar-refractivity contribution in [2.45, 2.75) is 12.4 Å². The van der Waals surface area contributed by atoms with Crippen LogP contribution in [0.4, 0.5) is 26.3 Å². The normalized spacial score (nSPS) is 12.0. The Morgan fingerprint density at radius 1 is 0.680 bits per heavy atom. The summed E-state index contributed by atoms with van der Waals surface area (Å²) in [5, 5.41) is -0.651. The van der Waals surface area contributed by atoms with Crippen molar-refractivity contribution < 1.29 is 35.7 Å². The molecule has 0 saturated heterocycles. The van der Waals surface area contributed by atoms with Crippen molar-refractivity contribution in [2.24, 2.45) is 0 Å². The van der Waals surface area contributed by atoms with Crippen LogP contribution in [0.15, 0.2) is 36.4 Å². The molecule has 133 valence electrons. The van der Waals surface area contributed by atoms with Crippen molar-refractivity contribution in [3.05, 3.63) is 57.6 Å². The van der Waals surface area contributed by atoms with Gasteiger partial charge in [0.05, 0.1) is 21.2 Å². The average Bonchev–Trinajstić information content (AvgIpc) is 2.48. The van der Waals surface area contributed by atoms with Crippen LogP contribution in [0.3, 0.4) is 0 Å². The molecule has 0 N–H and O–H groups in total. The van der Waals surface area contributed by atoms with Crippen LogP contribution < -0.4 is 9.31 Å². The number of hydrogen-bond donors (Lipinski definition) is 0. The van der Waals surface area contributed by atoms with Gasteiger partial charge in [0.15, 0.2) is 0 Å². The molecule has 25 heavy (non-hydrogen) atoms. The van der Waals surface area contributed by atoms with Crippen molar-refractivity contribution in [1.29, 1.82) is 0 Å². The lowest BCUT2D eigenvalue weighted by Crippen LogP contribution is -2.12. The molecule has 2 aromatic rings. The largest absolute Gasteiger partial charge is 0.658 e. The minimum Gasteiger partial charge on any atom is -0.525 e. The Balaban J connectivity index is 2.02. The lowest BCUT2D eigenvalue weighted by molar-refractivity contribution is -0.138. The number of halogens is 8. The van der Waals surface area contributed by atoms with Gasteiger partial charge in [0.25, 0.3) is 0 Å². The zero-order valence-corrected chi connectivity index (χ0v) is 13.4. The Hall–Kier alpha value is -1.74. The SMILES string of the molecule is FC(F)(F)c1ccc(O[B]Oc2ccc(C(F)(F)F)cc2Cl)c(Cl)c1. The summed E-state index contributed by atoms with van der Waals surface area (Å²) in [5.74, 6) is -0.282. The third kappa shape index (κ3) is 5.12. The summed E-state index contributed by atoms with van der Waals surface area (Å²) >= 11 is 11.3. The minimum atomic E-state index is -4.56. The highest BCUT2D eigenvalue weighted by atomic mass is 35.5. The van der Waals surface area contributed by atoms with E-state index in [-0.39, 0.29) is 21.5 Å².